The van der Waals surface area contributed by atoms with Gasteiger partial charge in [-0.1, -0.05) is 0 Å². The van der Waals surface area contributed by atoms with Gasteiger partial charge in [-0.15, -0.1) is 0 Å². The van der Waals surface area contributed by atoms with Gasteiger partial charge in [-0.3, -0.25) is 9.97 Å². The third-order valence-electron chi connectivity index (χ3n) is 2.72. The van der Waals surface area contributed by atoms with Crippen LogP contribution in [0.1, 0.15) is 22.8 Å². The van der Waals surface area contributed by atoms with E-state index >= 15 is 0 Å². The fourth-order valence-electron chi connectivity index (χ4n) is 1.78. The van der Waals surface area contributed by atoms with Crippen molar-refractivity contribution in [3.8, 4) is 0 Å². The molecule has 17 heavy (non-hydrogen) atoms. The molecule has 0 aliphatic heterocycles. The SMILES string of the molecule is Cc1ccc(Nc2ccc(C)nc2C)c(C)n1. The molecule has 0 aliphatic carbocycles. The Kier molecular flexibility index (Phi) is 3.09. The van der Waals surface area contributed by atoms with E-state index < -0.39 is 0 Å². The Hall–Kier alpha value is -1.90. The lowest BCUT2D eigenvalue weighted by molar-refractivity contribution is 1.11. The average Bonchev–Trinajstić information content (AvgIpc) is 2.25. The summed E-state index contributed by atoms with van der Waals surface area (Å²) in [5, 5.41) is 3.37. The van der Waals surface area contributed by atoms with Crippen LogP contribution in [0.15, 0.2) is 24.3 Å². The molecule has 0 bridgehead atoms. The smallest absolute Gasteiger partial charge is 0.0610 e. The third-order valence-corrected chi connectivity index (χ3v) is 2.72. The topological polar surface area (TPSA) is 37.8 Å². The highest BCUT2D eigenvalue weighted by molar-refractivity contribution is 5.63. The van der Waals surface area contributed by atoms with Gasteiger partial charge >= 0.3 is 0 Å². The molecular weight excluding hydrogens is 210 g/mol. The van der Waals surface area contributed by atoms with Crippen molar-refractivity contribution in [1.82, 2.24) is 9.97 Å². The van der Waals surface area contributed by atoms with Crippen LogP contribution in [0.2, 0.25) is 0 Å². The molecule has 3 nitrogen and oxygen atoms in total. The zero-order chi connectivity index (χ0) is 12.4. The Bertz CT molecular complexity index is 498. The van der Waals surface area contributed by atoms with Crippen LogP contribution >= 0.6 is 0 Å². The van der Waals surface area contributed by atoms with Crippen LogP contribution in [0, 0.1) is 27.7 Å². The molecule has 1 N–H and O–H groups in total. The predicted molar refractivity (Wildman–Crippen MR) is 70.7 cm³/mol. The fraction of sp³-hybridized carbons (Fsp3) is 0.286. The van der Waals surface area contributed by atoms with Gasteiger partial charge in [-0.2, -0.15) is 0 Å². The highest BCUT2D eigenvalue weighted by Gasteiger charge is 2.03. The summed E-state index contributed by atoms with van der Waals surface area (Å²) < 4.78 is 0. The summed E-state index contributed by atoms with van der Waals surface area (Å²) in [5.74, 6) is 0. The number of nitrogens with one attached hydrogen (secondary N) is 1. The first kappa shape index (κ1) is 11.6. The van der Waals surface area contributed by atoms with Gasteiger partial charge in [0, 0.05) is 11.4 Å². The number of aryl methyl sites for hydroxylation is 4. The largest absolute Gasteiger partial charge is 0.353 e. The highest BCUT2D eigenvalue weighted by atomic mass is 14.9. The lowest BCUT2D eigenvalue weighted by atomic mass is 10.2. The second-order valence-electron chi connectivity index (χ2n) is 4.30. The zero-order valence-electron chi connectivity index (χ0n) is 10.7. The quantitative estimate of drug-likeness (QED) is 0.853. The second-order valence-corrected chi connectivity index (χ2v) is 4.30. The zero-order valence-corrected chi connectivity index (χ0v) is 10.7. The normalized spacial score (nSPS) is 10.4. The number of hydrogen-bond donors (Lipinski definition) is 1. The third kappa shape index (κ3) is 2.61. The molecule has 2 aromatic heterocycles. The Labute approximate surface area is 102 Å². The molecule has 2 aromatic rings. The summed E-state index contributed by atoms with van der Waals surface area (Å²) in [5.41, 5.74) is 6.14. The van der Waals surface area contributed by atoms with E-state index in [1.54, 1.807) is 0 Å². The number of anilines is 2. The summed E-state index contributed by atoms with van der Waals surface area (Å²) in [4.78, 5) is 8.87. The van der Waals surface area contributed by atoms with Gasteiger partial charge in [0.05, 0.1) is 22.8 Å². The molecule has 2 rings (SSSR count). The van der Waals surface area contributed by atoms with Gasteiger partial charge in [0.1, 0.15) is 0 Å². The second kappa shape index (κ2) is 4.53. The van der Waals surface area contributed by atoms with E-state index in [9.17, 15) is 0 Å². The van der Waals surface area contributed by atoms with Gasteiger partial charge in [-0.05, 0) is 52.0 Å². The molecule has 3 heteroatoms. The first-order chi connectivity index (χ1) is 8.06. The lowest BCUT2D eigenvalue weighted by Crippen LogP contribution is -1.99. The Balaban J connectivity index is 2.31. The minimum absolute atomic E-state index is 1.00. The lowest BCUT2D eigenvalue weighted by Gasteiger charge is -2.11. The molecule has 0 aromatic carbocycles. The predicted octanol–water partition coefficient (Wildman–Crippen LogP) is 3.45. The summed E-state index contributed by atoms with van der Waals surface area (Å²) in [7, 11) is 0. The molecule has 88 valence electrons. The van der Waals surface area contributed by atoms with Gasteiger partial charge in [0.15, 0.2) is 0 Å². The van der Waals surface area contributed by atoms with E-state index in [-0.39, 0.29) is 0 Å². The van der Waals surface area contributed by atoms with Crippen molar-refractivity contribution in [2.75, 3.05) is 5.32 Å². The van der Waals surface area contributed by atoms with Crippen LogP contribution in [-0.4, -0.2) is 9.97 Å². The van der Waals surface area contributed by atoms with Gasteiger partial charge in [0.2, 0.25) is 0 Å². The van der Waals surface area contributed by atoms with Crippen LogP contribution in [0.25, 0.3) is 0 Å². The number of aromatic nitrogens is 2. The first-order valence-corrected chi connectivity index (χ1v) is 5.72. The van der Waals surface area contributed by atoms with Crippen molar-refractivity contribution in [2.24, 2.45) is 0 Å². The number of pyridine rings is 2. The molecule has 0 atom stereocenters. The van der Waals surface area contributed by atoms with Gasteiger partial charge in [-0.25, -0.2) is 0 Å². The van der Waals surface area contributed by atoms with E-state index in [1.807, 2.05) is 39.8 Å². The summed E-state index contributed by atoms with van der Waals surface area (Å²) in [6, 6.07) is 8.12. The van der Waals surface area contributed by atoms with E-state index in [0.29, 0.717) is 0 Å². The van der Waals surface area contributed by atoms with Crippen LogP contribution in [0.4, 0.5) is 11.4 Å². The van der Waals surface area contributed by atoms with Crippen molar-refractivity contribution in [3.05, 3.63) is 47.0 Å². The maximum Gasteiger partial charge on any atom is 0.0610 e. The van der Waals surface area contributed by atoms with E-state index in [4.69, 9.17) is 0 Å². The monoisotopic (exact) mass is 227 g/mol. The summed E-state index contributed by atoms with van der Waals surface area (Å²) in [6.45, 7) is 8.00. The summed E-state index contributed by atoms with van der Waals surface area (Å²) in [6.07, 6.45) is 0. The van der Waals surface area contributed by atoms with E-state index in [0.717, 1.165) is 34.2 Å². The Morgan fingerprint density at radius 2 is 1.12 bits per heavy atom. The highest BCUT2D eigenvalue weighted by Crippen LogP contribution is 2.21. The average molecular weight is 227 g/mol. The molecule has 0 aliphatic rings. The minimum atomic E-state index is 1.00. The van der Waals surface area contributed by atoms with Crippen molar-refractivity contribution in [3.63, 3.8) is 0 Å². The molecular formula is C14H17N3. The van der Waals surface area contributed by atoms with Crippen LogP contribution in [0.3, 0.4) is 0 Å². The van der Waals surface area contributed by atoms with E-state index in [2.05, 4.69) is 27.4 Å². The van der Waals surface area contributed by atoms with Crippen LogP contribution < -0.4 is 5.32 Å². The summed E-state index contributed by atoms with van der Waals surface area (Å²) >= 11 is 0. The standard InChI is InChI=1S/C14H17N3/c1-9-5-7-13(11(3)15-9)17-14-8-6-10(2)16-12(14)4/h5-8,17H,1-4H3. The molecule has 0 radical (unpaired) electrons. The first-order valence-electron chi connectivity index (χ1n) is 5.72. The molecule has 0 unspecified atom stereocenters. The number of rotatable bonds is 2. The van der Waals surface area contributed by atoms with Crippen molar-refractivity contribution < 1.29 is 0 Å². The van der Waals surface area contributed by atoms with Crippen molar-refractivity contribution >= 4 is 11.4 Å². The fourth-order valence-corrected chi connectivity index (χ4v) is 1.78. The van der Waals surface area contributed by atoms with Crippen molar-refractivity contribution in [2.45, 2.75) is 27.7 Å². The molecule has 0 fully saturated rings. The van der Waals surface area contributed by atoms with E-state index in [1.165, 1.54) is 0 Å². The van der Waals surface area contributed by atoms with Crippen LogP contribution in [0.5, 0.6) is 0 Å². The maximum atomic E-state index is 4.43. The number of hydrogen-bond acceptors (Lipinski definition) is 3. The van der Waals surface area contributed by atoms with Crippen LogP contribution in [-0.2, 0) is 0 Å². The molecule has 2 heterocycles. The van der Waals surface area contributed by atoms with Crippen molar-refractivity contribution in [1.29, 1.82) is 0 Å². The maximum absolute atomic E-state index is 4.43. The number of nitrogens with zero attached hydrogens (tertiary/aromatic N) is 2. The molecule has 0 spiro atoms. The molecule has 0 saturated heterocycles. The van der Waals surface area contributed by atoms with Gasteiger partial charge in [0.25, 0.3) is 0 Å². The van der Waals surface area contributed by atoms with Gasteiger partial charge < -0.3 is 5.32 Å². The Morgan fingerprint density at radius 1 is 0.706 bits per heavy atom. The minimum Gasteiger partial charge on any atom is -0.353 e. The molecule has 0 saturated carbocycles. The Morgan fingerprint density at radius 3 is 1.47 bits per heavy atom. The molecule has 0 amide bonds.